The number of halogens is 2. The Kier molecular flexibility index (Phi) is 5.96. The van der Waals surface area contributed by atoms with Crippen LogP contribution in [0.4, 0.5) is 0 Å². The summed E-state index contributed by atoms with van der Waals surface area (Å²) in [6.07, 6.45) is 1.63. The minimum Gasteiger partial charge on any atom is -0.117 e. The van der Waals surface area contributed by atoms with E-state index in [9.17, 15) is 0 Å². The van der Waals surface area contributed by atoms with Gasteiger partial charge in [-0.05, 0) is 35.1 Å². The van der Waals surface area contributed by atoms with Crippen molar-refractivity contribution in [1.82, 2.24) is 0 Å². The smallest absolute Gasteiger partial charge is 0.0625 e. The van der Waals surface area contributed by atoms with Crippen molar-refractivity contribution in [1.29, 1.82) is 0 Å². The van der Waals surface area contributed by atoms with Gasteiger partial charge in [0.15, 0.2) is 0 Å². The number of hydrogen-bond acceptors (Lipinski definition) is 0. The van der Waals surface area contributed by atoms with Crippen LogP contribution in [-0.4, -0.2) is 0 Å². The van der Waals surface area contributed by atoms with Crippen molar-refractivity contribution < 1.29 is 0 Å². The van der Waals surface area contributed by atoms with Gasteiger partial charge in [0.25, 0.3) is 0 Å². The molecule has 3 aromatic carbocycles. The van der Waals surface area contributed by atoms with Crippen LogP contribution in [0.1, 0.15) is 33.0 Å². The normalized spacial score (nSPS) is 13.4. The highest BCUT2D eigenvalue weighted by Gasteiger charge is 2.11. The summed E-state index contributed by atoms with van der Waals surface area (Å²) in [5.41, 5.74) is 4.80. The molecule has 0 nitrogen and oxygen atoms in total. The SMILES string of the molecule is ClC(Cc1cccc(CC(Cl)c2ccccc2)c1)c1ccccc1. The standard InChI is InChI=1S/C22H20Cl2/c23-21(19-10-3-1-4-11-19)15-17-8-7-9-18(14-17)16-22(24)20-12-5-2-6-13-20/h1-14,21-22H,15-16H2. The Hall–Kier alpha value is -1.76. The van der Waals surface area contributed by atoms with E-state index in [-0.39, 0.29) is 10.8 Å². The lowest BCUT2D eigenvalue weighted by Gasteiger charge is -2.13. The largest absolute Gasteiger partial charge is 0.117 e. The minimum atomic E-state index is -0.0117. The second kappa shape index (κ2) is 8.37. The minimum absolute atomic E-state index is 0.0117. The molecule has 0 aliphatic rings. The van der Waals surface area contributed by atoms with Crippen molar-refractivity contribution in [2.24, 2.45) is 0 Å². The van der Waals surface area contributed by atoms with E-state index < -0.39 is 0 Å². The molecular weight excluding hydrogens is 335 g/mol. The monoisotopic (exact) mass is 354 g/mol. The summed E-state index contributed by atoms with van der Waals surface area (Å²) < 4.78 is 0. The van der Waals surface area contributed by atoms with Gasteiger partial charge in [0, 0.05) is 0 Å². The third kappa shape index (κ3) is 4.63. The first-order valence-corrected chi connectivity index (χ1v) is 9.05. The number of alkyl halides is 2. The summed E-state index contributed by atoms with van der Waals surface area (Å²) >= 11 is 13.1. The Balaban J connectivity index is 1.68. The topological polar surface area (TPSA) is 0 Å². The van der Waals surface area contributed by atoms with Crippen LogP contribution in [0.3, 0.4) is 0 Å². The molecule has 0 aliphatic carbocycles. The van der Waals surface area contributed by atoms with E-state index in [4.69, 9.17) is 23.2 Å². The van der Waals surface area contributed by atoms with E-state index in [0.717, 1.165) is 24.0 Å². The summed E-state index contributed by atoms with van der Waals surface area (Å²) in [6, 6.07) is 29.0. The Morgan fingerprint density at radius 3 is 1.38 bits per heavy atom. The molecule has 24 heavy (non-hydrogen) atoms. The molecule has 0 aromatic heterocycles. The molecule has 3 rings (SSSR count). The zero-order valence-electron chi connectivity index (χ0n) is 13.4. The molecule has 0 fully saturated rings. The van der Waals surface area contributed by atoms with Gasteiger partial charge >= 0.3 is 0 Å². The molecule has 0 saturated heterocycles. The third-order valence-electron chi connectivity index (χ3n) is 4.14. The van der Waals surface area contributed by atoms with Crippen molar-refractivity contribution in [2.45, 2.75) is 23.6 Å². The Labute approximate surface area is 154 Å². The quantitative estimate of drug-likeness (QED) is 0.430. The number of rotatable bonds is 6. The molecule has 0 spiro atoms. The van der Waals surface area contributed by atoms with E-state index in [1.165, 1.54) is 11.1 Å². The lowest BCUT2D eigenvalue weighted by molar-refractivity contribution is 0.893. The average Bonchev–Trinajstić information content (AvgIpc) is 2.63. The molecule has 3 aromatic rings. The van der Waals surface area contributed by atoms with Gasteiger partial charge in [-0.3, -0.25) is 0 Å². The lowest BCUT2D eigenvalue weighted by atomic mass is 9.99. The molecule has 0 saturated carbocycles. The molecular formula is C22H20Cl2. The van der Waals surface area contributed by atoms with E-state index in [1.54, 1.807) is 0 Å². The molecule has 0 amide bonds. The van der Waals surface area contributed by atoms with E-state index in [1.807, 2.05) is 36.4 Å². The maximum atomic E-state index is 6.57. The highest BCUT2D eigenvalue weighted by molar-refractivity contribution is 6.21. The van der Waals surface area contributed by atoms with Crippen molar-refractivity contribution in [3.63, 3.8) is 0 Å². The van der Waals surface area contributed by atoms with Crippen LogP contribution in [0.25, 0.3) is 0 Å². The van der Waals surface area contributed by atoms with Gasteiger partial charge in [-0.15, -0.1) is 23.2 Å². The maximum absolute atomic E-state index is 6.57. The average molecular weight is 355 g/mol. The fraction of sp³-hybridized carbons (Fsp3) is 0.182. The van der Waals surface area contributed by atoms with E-state index in [0.29, 0.717) is 0 Å². The van der Waals surface area contributed by atoms with Crippen LogP contribution in [0.15, 0.2) is 84.9 Å². The molecule has 122 valence electrons. The third-order valence-corrected chi connectivity index (χ3v) is 4.96. The summed E-state index contributed by atoms with van der Waals surface area (Å²) in [5, 5.41) is -0.0234. The van der Waals surface area contributed by atoms with Crippen LogP contribution < -0.4 is 0 Å². The van der Waals surface area contributed by atoms with Crippen LogP contribution in [0, 0.1) is 0 Å². The summed E-state index contributed by atoms with van der Waals surface area (Å²) in [7, 11) is 0. The fourth-order valence-electron chi connectivity index (χ4n) is 2.86. The van der Waals surface area contributed by atoms with Crippen LogP contribution in [0.2, 0.25) is 0 Å². The van der Waals surface area contributed by atoms with Crippen LogP contribution >= 0.6 is 23.2 Å². The van der Waals surface area contributed by atoms with Gasteiger partial charge in [0.1, 0.15) is 0 Å². The second-order valence-electron chi connectivity index (χ2n) is 5.98. The predicted octanol–water partition coefficient (Wildman–Crippen LogP) is 6.73. The number of benzene rings is 3. The summed E-state index contributed by atoms with van der Waals surface area (Å²) in [5.74, 6) is 0. The molecule has 0 N–H and O–H groups in total. The second-order valence-corrected chi connectivity index (χ2v) is 7.04. The van der Waals surface area contributed by atoms with Gasteiger partial charge in [-0.2, -0.15) is 0 Å². The highest BCUT2D eigenvalue weighted by atomic mass is 35.5. The fourth-order valence-corrected chi connectivity index (χ4v) is 3.50. The van der Waals surface area contributed by atoms with Gasteiger partial charge in [0.05, 0.1) is 10.8 Å². The molecule has 0 aliphatic heterocycles. The van der Waals surface area contributed by atoms with Crippen LogP contribution in [-0.2, 0) is 12.8 Å². The zero-order chi connectivity index (χ0) is 16.8. The van der Waals surface area contributed by atoms with Gasteiger partial charge in [-0.1, -0.05) is 84.9 Å². The lowest BCUT2D eigenvalue weighted by Crippen LogP contribution is -1.99. The first kappa shape index (κ1) is 17.1. The highest BCUT2D eigenvalue weighted by Crippen LogP contribution is 2.28. The Bertz CT molecular complexity index is 690. The first-order valence-electron chi connectivity index (χ1n) is 8.18. The Morgan fingerprint density at radius 1 is 0.542 bits per heavy atom. The van der Waals surface area contributed by atoms with Gasteiger partial charge in [0.2, 0.25) is 0 Å². The van der Waals surface area contributed by atoms with Gasteiger partial charge in [-0.25, -0.2) is 0 Å². The number of hydrogen-bond donors (Lipinski definition) is 0. The molecule has 0 radical (unpaired) electrons. The molecule has 2 unspecified atom stereocenters. The molecule has 2 heteroatoms. The van der Waals surface area contributed by atoms with Crippen molar-refractivity contribution in [3.8, 4) is 0 Å². The maximum Gasteiger partial charge on any atom is 0.0625 e. The summed E-state index contributed by atoms with van der Waals surface area (Å²) in [6.45, 7) is 0. The van der Waals surface area contributed by atoms with Crippen LogP contribution in [0.5, 0.6) is 0 Å². The molecule has 0 heterocycles. The molecule has 2 atom stereocenters. The zero-order valence-corrected chi connectivity index (χ0v) is 14.9. The van der Waals surface area contributed by atoms with Gasteiger partial charge < -0.3 is 0 Å². The van der Waals surface area contributed by atoms with Crippen molar-refractivity contribution >= 4 is 23.2 Å². The van der Waals surface area contributed by atoms with E-state index >= 15 is 0 Å². The summed E-state index contributed by atoms with van der Waals surface area (Å²) in [4.78, 5) is 0. The molecule has 0 bridgehead atoms. The van der Waals surface area contributed by atoms with E-state index in [2.05, 4.69) is 48.5 Å². The predicted molar refractivity (Wildman–Crippen MR) is 104 cm³/mol. The Morgan fingerprint density at radius 2 is 0.958 bits per heavy atom. The first-order chi connectivity index (χ1) is 11.7. The van der Waals surface area contributed by atoms with Crippen molar-refractivity contribution in [2.75, 3.05) is 0 Å². The van der Waals surface area contributed by atoms with Crippen molar-refractivity contribution in [3.05, 3.63) is 107 Å².